The molecule has 2 aliphatic rings. The largest absolute Gasteiger partial charge is 0.491 e. The van der Waals surface area contributed by atoms with Crippen molar-refractivity contribution in [3.63, 3.8) is 0 Å². The molecule has 0 amide bonds. The lowest BCUT2D eigenvalue weighted by Gasteiger charge is -2.32. The predicted molar refractivity (Wildman–Crippen MR) is 129 cm³/mol. The fourth-order valence-corrected chi connectivity index (χ4v) is 4.89. The van der Waals surface area contributed by atoms with E-state index >= 15 is 0 Å². The van der Waals surface area contributed by atoms with Crippen LogP contribution in [0, 0.1) is 19.3 Å². The minimum absolute atomic E-state index is 0.0975. The van der Waals surface area contributed by atoms with Crippen molar-refractivity contribution in [1.82, 2.24) is 15.0 Å². The highest BCUT2D eigenvalue weighted by atomic mass is 16.5. The van der Waals surface area contributed by atoms with Crippen LogP contribution >= 0.6 is 0 Å². The second-order valence-corrected chi connectivity index (χ2v) is 9.74. The van der Waals surface area contributed by atoms with Crippen molar-refractivity contribution in [1.29, 1.82) is 0 Å². The van der Waals surface area contributed by atoms with Crippen LogP contribution in [0.2, 0.25) is 0 Å². The summed E-state index contributed by atoms with van der Waals surface area (Å²) in [5, 5.41) is 0. The number of aromatic nitrogens is 3. The van der Waals surface area contributed by atoms with Crippen molar-refractivity contribution in [3.8, 4) is 16.9 Å². The molecule has 0 fully saturated rings. The van der Waals surface area contributed by atoms with E-state index in [1.807, 2.05) is 13.1 Å². The lowest BCUT2D eigenvalue weighted by atomic mass is 9.78. The van der Waals surface area contributed by atoms with Crippen molar-refractivity contribution in [2.75, 3.05) is 18.1 Å². The Kier molecular flexibility index (Phi) is 5.00. The van der Waals surface area contributed by atoms with Gasteiger partial charge in [0.2, 0.25) is 0 Å². The zero-order chi connectivity index (χ0) is 22.5. The van der Waals surface area contributed by atoms with Crippen LogP contribution in [0.3, 0.4) is 0 Å². The number of benzene rings is 1. The first-order chi connectivity index (χ1) is 15.3. The van der Waals surface area contributed by atoms with E-state index in [2.05, 4.69) is 72.9 Å². The SMILES string of the molecule is CC1=CC(C)(C)Cc2c1ncnc2N1CCOc2ccc(-c3cnc(C)c(C)c3)cc2C1. The van der Waals surface area contributed by atoms with E-state index < -0.39 is 0 Å². The fourth-order valence-electron chi connectivity index (χ4n) is 4.89. The molecule has 0 bridgehead atoms. The van der Waals surface area contributed by atoms with Gasteiger partial charge in [0.25, 0.3) is 0 Å². The normalized spacial score (nSPS) is 17.0. The van der Waals surface area contributed by atoms with Gasteiger partial charge in [-0.1, -0.05) is 26.0 Å². The summed E-state index contributed by atoms with van der Waals surface area (Å²) in [6, 6.07) is 8.66. The van der Waals surface area contributed by atoms with Gasteiger partial charge in [-0.05, 0) is 67.5 Å². The van der Waals surface area contributed by atoms with Crippen molar-refractivity contribution < 1.29 is 4.74 Å². The van der Waals surface area contributed by atoms with Crippen molar-refractivity contribution in [2.45, 2.75) is 47.6 Å². The van der Waals surface area contributed by atoms with Gasteiger partial charge in [0.15, 0.2) is 0 Å². The zero-order valence-electron chi connectivity index (χ0n) is 19.6. The van der Waals surface area contributed by atoms with Crippen LogP contribution in [0.4, 0.5) is 5.82 Å². The molecule has 0 saturated carbocycles. The Balaban J connectivity index is 1.53. The fraction of sp³-hybridized carbons (Fsp3) is 0.370. The Bertz CT molecular complexity index is 1230. The monoisotopic (exact) mass is 426 g/mol. The maximum Gasteiger partial charge on any atom is 0.136 e. The molecule has 1 aromatic carbocycles. The number of fused-ring (bicyclic) bond motifs is 2. The van der Waals surface area contributed by atoms with Gasteiger partial charge in [-0.15, -0.1) is 0 Å². The zero-order valence-corrected chi connectivity index (χ0v) is 19.6. The highest BCUT2D eigenvalue weighted by Gasteiger charge is 2.29. The minimum atomic E-state index is 0.0975. The molecule has 5 nitrogen and oxygen atoms in total. The third kappa shape index (κ3) is 3.77. The summed E-state index contributed by atoms with van der Waals surface area (Å²) in [5.41, 5.74) is 9.39. The topological polar surface area (TPSA) is 51.1 Å². The molecule has 0 atom stereocenters. The summed E-state index contributed by atoms with van der Waals surface area (Å²) in [6.45, 7) is 13.0. The highest BCUT2D eigenvalue weighted by Crippen LogP contribution is 2.40. The average molecular weight is 427 g/mol. The molecular formula is C27H30N4O. The van der Waals surface area contributed by atoms with Crippen LogP contribution in [0.15, 0.2) is 42.9 Å². The molecule has 32 heavy (non-hydrogen) atoms. The van der Waals surface area contributed by atoms with E-state index in [1.165, 1.54) is 22.3 Å². The highest BCUT2D eigenvalue weighted by molar-refractivity contribution is 5.71. The van der Waals surface area contributed by atoms with Gasteiger partial charge in [-0.25, -0.2) is 9.97 Å². The summed E-state index contributed by atoms with van der Waals surface area (Å²) in [7, 11) is 0. The van der Waals surface area contributed by atoms with E-state index in [4.69, 9.17) is 9.72 Å². The predicted octanol–water partition coefficient (Wildman–Crippen LogP) is 5.54. The average Bonchev–Trinajstić information content (AvgIpc) is 2.96. The number of anilines is 1. The number of nitrogens with zero attached hydrogens (tertiary/aromatic N) is 4. The number of rotatable bonds is 2. The Labute approximate surface area is 190 Å². The molecule has 0 unspecified atom stereocenters. The van der Waals surface area contributed by atoms with E-state index in [0.29, 0.717) is 6.61 Å². The van der Waals surface area contributed by atoms with Gasteiger partial charge >= 0.3 is 0 Å². The van der Waals surface area contributed by atoms with Crippen LogP contribution in [0.1, 0.15) is 48.8 Å². The van der Waals surface area contributed by atoms with Crippen molar-refractivity contribution in [3.05, 3.63) is 70.9 Å². The van der Waals surface area contributed by atoms with Crippen LogP contribution in [-0.2, 0) is 13.0 Å². The Morgan fingerprint density at radius 2 is 1.84 bits per heavy atom. The quantitative estimate of drug-likeness (QED) is 0.538. The second kappa shape index (κ2) is 7.73. The summed E-state index contributed by atoms with van der Waals surface area (Å²) in [4.78, 5) is 16.3. The van der Waals surface area contributed by atoms with Crippen LogP contribution in [-0.4, -0.2) is 28.1 Å². The first-order valence-electron chi connectivity index (χ1n) is 11.3. The molecule has 5 heteroatoms. The lowest BCUT2D eigenvalue weighted by Crippen LogP contribution is -2.30. The molecule has 0 radical (unpaired) electrons. The summed E-state index contributed by atoms with van der Waals surface area (Å²) in [6.07, 6.45) is 6.93. The Morgan fingerprint density at radius 3 is 2.66 bits per heavy atom. The molecule has 0 saturated heterocycles. The smallest absolute Gasteiger partial charge is 0.136 e. The number of aryl methyl sites for hydroxylation is 2. The standard InChI is InChI=1S/C27H30N4O/c1-17-10-21(14-28-19(17)3)20-6-7-24-22(11-20)15-31(8-9-32-24)26-23-13-27(4,5)12-18(2)25(23)29-16-30-26/h6-7,10-12,14,16H,8-9,13,15H2,1-5H3. The second-order valence-electron chi connectivity index (χ2n) is 9.74. The molecule has 5 rings (SSSR count). The summed E-state index contributed by atoms with van der Waals surface area (Å²) >= 11 is 0. The van der Waals surface area contributed by atoms with Crippen LogP contribution < -0.4 is 9.64 Å². The van der Waals surface area contributed by atoms with E-state index in [1.54, 1.807) is 6.33 Å². The van der Waals surface area contributed by atoms with E-state index in [0.717, 1.165) is 53.6 Å². The van der Waals surface area contributed by atoms with Gasteiger partial charge in [0, 0.05) is 35.1 Å². The molecule has 3 heterocycles. The first-order valence-corrected chi connectivity index (χ1v) is 11.3. The van der Waals surface area contributed by atoms with Crippen molar-refractivity contribution in [2.24, 2.45) is 5.41 Å². The third-order valence-corrected chi connectivity index (χ3v) is 6.55. The van der Waals surface area contributed by atoms with Crippen molar-refractivity contribution >= 4 is 11.4 Å². The molecule has 164 valence electrons. The Hall–Kier alpha value is -3.21. The van der Waals surface area contributed by atoms with Gasteiger partial charge in [0.1, 0.15) is 24.5 Å². The maximum absolute atomic E-state index is 6.13. The molecule has 2 aromatic heterocycles. The van der Waals surface area contributed by atoms with Crippen LogP contribution in [0.5, 0.6) is 5.75 Å². The van der Waals surface area contributed by atoms with E-state index in [9.17, 15) is 0 Å². The molecule has 1 aliphatic heterocycles. The number of ether oxygens (including phenoxy) is 1. The first kappa shape index (κ1) is 20.7. The lowest BCUT2D eigenvalue weighted by molar-refractivity contribution is 0.331. The molecule has 0 spiro atoms. The molecular weight excluding hydrogens is 396 g/mol. The van der Waals surface area contributed by atoms with Gasteiger partial charge < -0.3 is 9.64 Å². The molecule has 0 N–H and O–H groups in total. The number of hydrogen-bond acceptors (Lipinski definition) is 5. The summed E-state index contributed by atoms with van der Waals surface area (Å²) in [5.74, 6) is 1.98. The third-order valence-electron chi connectivity index (χ3n) is 6.55. The number of allylic oxidation sites excluding steroid dienone is 2. The van der Waals surface area contributed by atoms with Gasteiger partial charge in [-0.3, -0.25) is 4.98 Å². The number of pyridine rings is 1. The minimum Gasteiger partial charge on any atom is -0.491 e. The molecule has 1 aliphatic carbocycles. The maximum atomic E-state index is 6.13. The van der Waals surface area contributed by atoms with Gasteiger partial charge in [0.05, 0.1) is 12.2 Å². The Morgan fingerprint density at radius 1 is 1.00 bits per heavy atom. The van der Waals surface area contributed by atoms with Gasteiger partial charge in [-0.2, -0.15) is 0 Å². The number of hydrogen-bond donors (Lipinski definition) is 0. The van der Waals surface area contributed by atoms with E-state index in [-0.39, 0.29) is 5.41 Å². The summed E-state index contributed by atoms with van der Waals surface area (Å²) < 4.78 is 6.13. The van der Waals surface area contributed by atoms with Crippen LogP contribution in [0.25, 0.3) is 16.7 Å². The molecule has 3 aromatic rings.